The van der Waals surface area contributed by atoms with E-state index in [2.05, 4.69) is 17.2 Å². The van der Waals surface area contributed by atoms with E-state index in [9.17, 15) is 9.59 Å². The molecular formula is C21H22ClN3O2S. The predicted molar refractivity (Wildman–Crippen MR) is 115 cm³/mol. The van der Waals surface area contributed by atoms with Gasteiger partial charge in [0, 0.05) is 15.6 Å². The number of carbonyl (C=O) groups excluding carboxylic acids is 1. The molecule has 0 saturated carbocycles. The highest BCUT2D eigenvalue weighted by atomic mass is 35.5. The zero-order valence-corrected chi connectivity index (χ0v) is 17.7. The minimum Gasteiger partial charge on any atom is -0.324 e. The average Bonchev–Trinajstić information content (AvgIpc) is 3.02. The Bertz CT molecular complexity index is 1130. The van der Waals surface area contributed by atoms with Gasteiger partial charge in [-0.25, -0.2) is 4.98 Å². The van der Waals surface area contributed by atoms with Gasteiger partial charge >= 0.3 is 0 Å². The Balaban J connectivity index is 1.66. The lowest BCUT2D eigenvalue weighted by Gasteiger charge is -2.18. The number of hydrogen-bond donors (Lipinski definition) is 1. The fourth-order valence-corrected chi connectivity index (χ4v) is 5.19. The molecule has 5 nitrogen and oxygen atoms in total. The van der Waals surface area contributed by atoms with Crippen LogP contribution in [0.5, 0.6) is 0 Å². The summed E-state index contributed by atoms with van der Waals surface area (Å²) in [5, 5.41) is 4.11. The van der Waals surface area contributed by atoms with E-state index in [0.29, 0.717) is 22.0 Å². The smallest absolute Gasteiger partial charge is 0.263 e. The first kappa shape index (κ1) is 19.2. The van der Waals surface area contributed by atoms with Crippen LogP contribution in [0.1, 0.15) is 42.3 Å². The summed E-state index contributed by atoms with van der Waals surface area (Å²) in [5.41, 5.74) is 2.54. The van der Waals surface area contributed by atoms with E-state index in [0.717, 1.165) is 35.2 Å². The Labute approximate surface area is 172 Å². The van der Waals surface area contributed by atoms with Gasteiger partial charge in [0.05, 0.1) is 11.7 Å². The molecule has 3 aromatic rings. The van der Waals surface area contributed by atoms with E-state index < -0.39 is 6.04 Å². The lowest BCUT2D eigenvalue weighted by molar-refractivity contribution is -0.118. The van der Waals surface area contributed by atoms with Gasteiger partial charge in [0.25, 0.3) is 5.56 Å². The minimum absolute atomic E-state index is 0.137. The maximum Gasteiger partial charge on any atom is 0.263 e. The van der Waals surface area contributed by atoms with Crippen molar-refractivity contribution in [2.75, 3.05) is 5.32 Å². The molecule has 0 saturated heterocycles. The zero-order valence-electron chi connectivity index (χ0n) is 16.1. The average molecular weight is 416 g/mol. The fraction of sp³-hybridized carbons (Fsp3) is 0.381. The molecule has 2 aromatic heterocycles. The van der Waals surface area contributed by atoms with Crippen LogP contribution in [0.25, 0.3) is 10.2 Å². The monoisotopic (exact) mass is 415 g/mol. The van der Waals surface area contributed by atoms with Crippen molar-refractivity contribution in [3.8, 4) is 0 Å². The van der Waals surface area contributed by atoms with Crippen molar-refractivity contribution in [2.45, 2.75) is 46.1 Å². The summed E-state index contributed by atoms with van der Waals surface area (Å²) < 4.78 is 1.43. The van der Waals surface area contributed by atoms with Gasteiger partial charge in [0.2, 0.25) is 5.91 Å². The maximum absolute atomic E-state index is 13.2. The van der Waals surface area contributed by atoms with Crippen molar-refractivity contribution >= 4 is 44.7 Å². The molecular weight excluding hydrogens is 394 g/mol. The number of amides is 1. The zero-order chi connectivity index (χ0) is 20.0. The second-order valence-electron chi connectivity index (χ2n) is 7.62. The number of halogens is 1. The molecule has 4 rings (SSSR count). The summed E-state index contributed by atoms with van der Waals surface area (Å²) in [5.74, 6) is 0.356. The normalized spacial score (nSPS) is 17.4. The summed E-state index contributed by atoms with van der Waals surface area (Å²) in [6, 6.07) is 4.68. The van der Waals surface area contributed by atoms with Crippen molar-refractivity contribution in [1.29, 1.82) is 0 Å². The number of carbonyl (C=O) groups is 1. The highest BCUT2D eigenvalue weighted by Crippen LogP contribution is 2.35. The standard InChI is InChI=1S/C21H22ClN3O2S/c1-11-4-7-15-17(8-11)28-20-18(15)21(27)25(10-23-20)13(3)19(26)24-14-6-5-12(2)16(22)9-14/h5-6,9-11,13H,4,7-8H2,1-3H3,(H,24,26)/t11-,13-/m1/s1. The first-order valence-corrected chi connectivity index (χ1v) is 10.6. The Morgan fingerprint density at radius 2 is 2.21 bits per heavy atom. The third-order valence-corrected chi connectivity index (χ3v) is 7.05. The third kappa shape index (κ3) is 3.35. The molecule has 1 amide bonds. The summed E-state index contributed by atoms with van der Waals surface area (Å²) in [7, 11) is 0. The third-order valence-electron chi connectivity index (χ3n) is 5.48. The number of benzene rings is 1. The topological polar surface area (TPSA) is 64.0 Å². The van der Waals surface area contributed by atoms with Crippen molar-refractivity contribution in [3.05, 3.63) is 55.9 Å². The lowest BCUT2D eigenvalue weighted by Crippen LogP contribution is -2.32. The Hall–Kier alpha value is -2.18. The molecule has 28 heavy (non-hydrogen) atoms. The molecule has 146 valence electrons. The van der Waals surface area contributed by atoms with Crippen LogP contribution in [-0.2, 0) is 17.6 Å². The lowest BCUT2D eigenvalue weighted by atomic mass is 9.89. The number of anilines is 1. The van der Waals surface area contributed by atoms with Gasteiger partial charge in [0.1, 0.15) is 10.9 Å². The number of nitrogens with one attached hydrogen (secondary N) is 1. The molecule has 1 N–H and O–H groups in total. The van der Waals surface area contributed by atoms with Gasteiger partial charge in [-0.05, 0) is 62.3 Å². The maximum atomic E-state index is 13.2. The number of hydrogen-bond acceptors (Lipinski definition) is 4. The number of aryl methyl sites for hydroxylation is 2. The summed E-state index contributed by atoms with van der Waals surface area (Å²) >= 11 is 7.75. The second-order valence-corrected chi connectivity index (χ2v) is 9.11. The van der Waals surface area contributed by atoms with Gasteiger partial charge in [-0.1, -0.05) is 24.6 Å². The van der Waals surface area contributed by atoms with Crippen LogP contribution < -0.4 is 10.9 Å². The first-order valence-electron chi connectivity index (χ1n) is 9.43. The second kappa shape index (κ2) is 7.33. The van der Waals surface area contributed by atoms with Crippen molar-refractivity contribution in [3.63, 3.8) is 0 Å². The molecule has 0 bridgehead atoms. The first-order chi connectivity index (χ1) is 13.3. The molecule has 0 unspecified atom stereocenters. The molecule has 7 heteroatoms. The van der Waals surface area contributed by atoms with Crippen LogP contribution in [0, 0.1) is 12.8 Å². The van der Waals surface area contributed by atoms with Crippen LogP contribution in [0.4, 0.5) is 5.69 Å². The summed E-state index contributed by atoms with van der Waals surface area (Å²) in [6.45, 7) is 5.85. The number of nitrogens with zero attached hydrogens (tertiary/aromatic N) is 2. The van der Waals surface area contributed by atoms with Crippen molar-refractivity contribution in [2.24, 2.45) is 5.92 Å². The number of rotatable bonds is 3. The minimum atomic E-state index is -0.678. The number of thiophene rings is 1. The van der Waals surface area contributed by atoms with Crippen LogP contribution in [0.15, 0.2) is 29.3 Å². The quantitative estimate of drug-likeness (QED) is 0.671. The van der Waals surface area contributed by atoms with E-state index >= 15 is 0 Å². The van der Waals surface area contributed by atoms with Crippen molar-refractivity contribution < 1.29 is 4.79 Å². The molecule has 1 aromatic carbocycles. The highest BCUT2D eigenvalue weighted by Gasteiger charge is 2.25. The van der Waals surface area contributed by atoms with Crippen molar-refractivity contribution in [1.82, 2.24) is 9.55 Å². The van der Waals surface area contributed by atoms with E-state index in [1.165, 1.54) is 15.8 Å². The predicted octanol–water partition coefficient (Wildman–Crippen LogP) is 4.74. The summed E-state index contributed by atoms with van der Waals surface area (Å²) in [6.07, 6.45) is 4.47. The van der Waals surface area contributed by atoms with Gasteiger partial charge in [0.15, 0.2) is 0 Å². The largest absolute Gasteiger partial charge is 0.324 e. The molecule has 0 aliphatic heterocycles. The van der Waals surface area contributed by atoms with Crippen LogP contribution >= 0.6 is 22.9 Å². The van der Waals surface area contributed by atoms with Crippen LogP contribution in [-0.4, -0.2) is 15.5 Å². The SMILES string of the molecule is Cc1ccc(NC(=O)[C@@H](C)n2cnc3sc4c(c3c2=O)CC[C@@H](C)C4)cc1Cl. The van der Waals surface area contributed by atoms with Gasteiger partial charge in [-0.2, -0.15) is 0 Å². The van der Waals surface area contributed by atoms with E-state index in [1.807, 2.05) is 13.0 Å². The van der Waals surface area contributed by atoms with Gasteiger partial charge < -0.3 is 5.32 Å². The van der Waals surface area contributed by atoms with Gasteiger partial charge in [-0.15, -0.1) is 11.3 Å². The van der Waals surface area contributed by atoms with Crippen LogP contribution in [0.2, 0.25) is 5.02 Å². The van der Waals surface area contributed by atoms with Crippen LogP contribution in [0.3, 0.4) is 0 Å². The van der Waals surface area contributed by atoms with E-state index in [1.54, 1.807) is 30.4 Å². The molecule has 2 atom stereocenters. The number of aromatic nitrogens is 2. The fourth-order valence-electron chi connectivity index (χ4n) is 3.66. The molecule has 1 aliphatic rings. The molecule has 1 aliphatic carbocycles. The Morgan fingerprint density at radius 1 is 1.43 bits per heavy atom. The Morgan fingerprint density at radius 3 is 2.96 bits per heavy atom. The number of fused-ring (bicyclic) bond motifs is 3. The molecule has 2 heterocycles. The molecule has 0 spiro atoms. The summed E-state index contributed by atoms with van der Waals surface area (Å²) in [4.78, 5) is 32.4. The highest BCUT2D eigenvalue weighted by molar-refractivity contribution is 7.18. The Kier molecular flexibility index (Phi) is 5.02. The van der Waals surface area contributed by atoms with E-state index in [4.69, 9.17) is 11.6 Å². The van der Waals surface area contributed by atoms with E-state index in [-0.39, 0.29) is 11.5 Å². The molecule has 0 radical (unpaired) electrons. The molecule has 0 fully saturated rings. The van der Waals surface area contributed by atoms with Gasteiger partial charge in [-0.3, -0.25) is 14.2 Å².